The minimum absolute atomic E-state index is 0.0248. The van der Waals surface area contributed by atoms with E-state index in [4.69, 9.17) is 0 Å². The average Bonchev–Trinajstić information content (AvgIpc) is 3.11. The highest BCUT2D eigenvalue weighted by molar-refractivity contribution is 7.99. The van der Waals surface area contributed by atoms with Gasteiger partial charge in [0.2, 0.25) is 5.91 Å². The third-order valence-electron chi connectivity index (χ3n) is 4.63. The van der Waals surface area contributed by atoms with Crippen molar-refractivity contribution in [2.24, 2.45) is 5.92 Å². The SMILES string of the molecule is CC(C)[C@](C)(C#N)NC(=O)CSc1nc2scc(-c3ccccc3)c2c(=O)[nH]1. The van der Waals surface area contributed by atoms with Crippen LogP contribution in [0.4, 0.5) is 0 Å². The molecule has 0 aliphatic carbocycles. The van der Waals surface area contributed by atoms with E-state index in [1.165, 1.54) is 11.3 Å². The van der Waals surface area contributed by atoms with Gasteiger partial charge >= 0.3 is 0 Å². The number of aromatic nitrogens is 2. The maximum Gasteiger partial charge on any atom is 0.260 e. The Morgan fingerprint density at radius 3 is 2.75 bits per heavy atom. The van der Waals surface area contributed by atoms with Crippen molar-refractivity contribution in [2.75, 3.05) is 5.75 Å². The number of hydrogen-bond donors (Lipinski definition) is 2. The highest BCUT2D eigenvalue weighted by Crippen LogP contribution is 2.31. The molecule has 8 heteroatoms. The summed E-state index contributed by atoms with van der Waals surface area (Å²) < 4.78 is 0. The van der Waals surface area contributed by atoms with Crippen molar-refractivity contribution >= 4 is 39.2 Å². The molecule has 2 aromatic heterocycles. The van der Waals surface area contributed by atoms with E-state index in [0.717, 1.165) is 22.9 Å². The van der Waals surface area contributed by atoms with Gasteiger partial charge in [-0.2, -0.15) is 5.26 Å². The molecule has 0 saturated carbocycles. The molecule has 0 aliphatic rings. The first-order valence-electron chi connectivity index (χ1n) is 8.76. The van der Waals surface area contributed by atoms with Gasteiger partial charge in [-0.15, -0.1) is 11.3 Å². The first-order valence-corrected chi connectivity index (χ1v) is 10.6. The Morgan fingerprint density at radius 1 is 1.39 bits per heavy atom. The maximum absolute atomic E-state index is 12.6. The van der Waals surface area contributed by atoms with Gasteiger partial charge in [0.15, 0.2) is 5.16 Å². The number of nitrogens with zero attached hydrogens (tertiary/aromatic N) is 2. The fourth-order valence-electron chi connectivity index (χ4n) is 2.59. The van der Waals surface area contributed by atoms with Gasteiger partial charge in [-0.05, 0) is 18.4 Å². The summed E-state index contributed by atoms with van der Waals surface area (Å²) in [5, 5.41) is 14.9. The van der Waals surface area contributed by atoms with Crippen molar-refractivity contribution in [1.82, 2.24) is 15.3 Å². The standard InChI is InChI=1S/C20H20N4O2S2/c1-12(2)20(3,11-21)24-15(25)10-28-19-22-17(26)16-14(9-27-18(16)23-19)13-7-5-4-6-8-13/h4-9,12H,10H2,1-3H3,(H,24,25)(H,22,23,26)/t20-/m0/s1. The number of nitriles is 1. The molecule has 6 nitrogen and oxygen atoms in total. The molecule has 0 spiro atoms. The van der Waals surface area contributed by atoms with Crippen LogP contribution in [0.2, 0.25) is 0 Å². The first kappa shape index (κ1) is 20.1. The van der Waals surface area contributed by atoms with Crippen molar-refractivity contribution in [3.05, 3.63) is 46.1 Å². The maximum atomic E-state index is 12.6. The van der Waals surface area contributed by atoms with Crippen molar-refractivity contribution in [3.8, 4) is 17.2 Å². The van der Waals surface area contributed by atoms with Gasteiger partial charge in [0.05, 0.1) is 17.2 Å². The number of thiophene rings is 1. The summed E-state index contributed by atoms with van der Waals surface area (Å²) in [6, 6.07) is 11.8. The zero-order valence-corrected chi connectivity index (χ0v) is 17.4. The number of carbonyl (C=O) groups is 1. The van der Waals surface area contributed by atoms with E-state index >= 15 is 0 Å². The van der Waals surface area contributed by atoms with E-state index in [1.54, 1.807) is 6.92 Å². The van der Waals surface area contributed by atoms with Gasteiger partial charge in [-0.3, -0.25) is 9.59 Å². The number of rotatable bonds is 6. The van der Waals surface area contributed by atoms with Gasteiger partial charge in [-0.25, -0.2) is 4.98 Å². The van der Waals surface area contributed by atoms with E-state index in [1.807, 2.05) is 49.6 Å². The van der Waals surface area contributed by atoms with Crippen LogP contribution in [0.3, 0.4) is 0 Å². The number of fused-ring (bicyclic) bond motifs is 1. The number of aromatic amines is 1. The van der Waals surface area contributed by atoms with Crippen LogP contribution in [0.25, 0.3) is 21.3 Å². The number of carbonyl (C=O) groups excluding carboxylic acids is 1. The zero-order valence-electron chi connectivity index (χ0n) is 15.8. The quantitative estimate of drug-likeness (QED) is 0.474. The predicted molar refractivity (Wildman–Crippen MR) is 113 cm³/mol. The largest absolute Gasteiger partial charge is 0.337 e. The molecule has 144 valence electrons. The van der Waals surface area contributed by atoms with Crippen LogP contribution in [0.15, 0.2) is 45.7 Å². The minimum Gasteiger partial charge on any atom is -0.337 e. The lowest BCUT2D eigenvalue weighted by molar-refractivity contribution is -0.120. The Bertz CT molecular complexity index is 1100. The Kier molecular flexibility index (Phi) is 5.87. The summed E-state index contributed by atoms with van der Waals surface area (Å²) in [4.78, 5) is 32.7. The molecule has 0 saturated heterocycles. The number of benzene rings is 1. The van der Waals surface area contributed by atoms with E-state index in [-0.39, 0.29) is 23.1 Å². The molecule has 2 heterocycles. The molecule has 0 bridgehead atoms. The highest BCUT2D eigenvalue weighted by Gasteiger charge is 2.29. The van der Waals surface area contributed by atoms with Crippen molar-refractivity contribution < 1.29 is 4.79 Å². The highest BCUT2D eigenvalue weighted by atomic mass is 32.2. The molecule has 1 atom stereocenters. The van der Waals surface area contributed by atoms with Crippen molar-refractivity contribution in [3.63, 3.8) is 0 Å². The summed E-state index contributed by atoms with van der Waals surface area (Å²) in [6.07, 6.45) is 0. The van der Waals surface area contributed by atoms with Crippen molar-refractivity contribution in [2.45, 2.75) is 31.5 Å². The third kappa shape index (κ3) is 4.11. The Morgan fingerprint density at radius 2 is 2.11 bits per heavy atom. The van der Waals surface area contributed by atoms with E-state index in [9.17, 15) is 14.9 Å². The smallest absolute Gasteiger partial charge is 0.260 e. The molecule has 3 rings (SSSR count). The molecular formula is C20H20N4O2S2. The molecule has 0 fully saturated rings. The minimum atomic E-state index is -0.930. The second-order valence-corrected chi connectivity index (χ2v) is 8.69. The van der Waals surface area contributed by atoms with E-state index in [0.29, 0.717) is 15.4 Å². The summed E-state index contributed by atoms with van der Waals surface area (Å²) >= 11 is 2.54. The number of nitrogens with one attached hydrogen (secondary N) is 2. The summed E-state index contributed by atoms with van der Waals surface area (Å²) in [5.74, 6) is -0.236. The Hall–Kier alpha value is -2.63. The summed E-state index contributed by atoms with van der Waals surface area (Å²) in [7, 11) is 0. The molecule has 1 amide bonds. The lowest BCUT2D eigenvalue weighted by Crippen LogP contribution is -2.49. The molecule has 28 heavy (non-hydrogen) atoms. The topological polar surface area (TPSA) is 98.6 Å². The van der Waals surface area contributed by atoms with Crippen LogP contribution < -0.4 is 10.9 Å². The number of hydrogen-bond acceptors (Lipinski definition) is 6. The van der Waals surface area contributed by atoms with Crippen LogP contribution in [-0.4, -0.2) is 27.2 Å². The van der Waals surface area contributed by atoms with Crippen LogP contribution in [0, 0.1) is 17.2 Å². The molecule has 2 N–H and O–H groups in total. The fourth-order valence-corrected chi connectivity index (χ4v) is 4.26. The first-order chi connectivity index (χ1) is 13.3. The second kappa shape index (κ2) is 8.17. The average molecular weight is 413 g/mol. The summed E-state index contributed by atoms with van der Waals surface area (Å²) in [5.41, 5.74) is 0.661. The van der Waals surface area contributed by atoms with Gasteiger partial charge in [0, 0.05) is 10.9 Å². The van der Waals surface area contributed by atoms with Crippen molar-refractivity contribution in [1.29, 1.82) is 5.26 Å². The fraction of sp³-hybridized carbons (Fsp3) is 0.300. The molecule has 0 aliphatic heterocycles. The van der Waals surface area contributed by atoms with Gasteiger partial charge < -0.3 is 10.3 Å². The van der Waals surface area contributed by atoms with Crippen LogP contribution in [0.1, 0.15) is 20.8 Å². The van der Waals surface area contributed by atoms with Crippen LogP contribution in [-0.2, 0) is 4.79 Å². The monoisotopic (exact) mass is 412 g/mol. The predicted octanol–water partition coefficient (Wildman–Crippen LogP) is 3.80. The molecular weight excluding hydrogens is 392 g/mol. The normalized spacial score (nSPS) is 13.2. The van der Waals surface area contributed by atoms with E-state index < -0.39 is 5.54 Å². The lowest BCUT2D eigenvalue weighted by Gasteiger charge is -2.27. The van der Waals surface area contributed by atoms with Gasteiger partial charge in [-0.1, -0.05) is 55.9 Å². The summed E-state index contributed by atoms with van der Waals surface area (Å²) in [6.45, 7) is 5.46. The van der Waals surface area contributed by atoms with E-state index in [2.05, 4.69) is 21.4 Å². The second-order valence-electron chi connectivity index (χ2n) is 6.87. The number of H-pyrrole nitrogens is 1. The molecule has 1 aromatic carbocycles. The lowest BCUT2D eigenvalue weighted by atomic mass is 9.90. The number of thioether (sulfide) groups is 1. The van der Waals surface area contributed by atoms with Crippen LogP contribution >= 0.6 is 23.1 Å². The third-order valence-corrected chi connectivity index (χ3v) is 6.38. The van der Waals surface area contributed by atoms with Gasteiger partial charge in [0.25, 0.3) is 5.56 Å². The number of amides is 1. The molecule has 0 radical (unpaired) electrons. The van der Waals surface area contributed by atoms with Gasteiger partial charge in [0.1, 0.15) is 10.4 Å². The Labute approximate surface area is 171 Å². The molecule has 3 aromatic rings. The Balaban J connectivity index is 1.78. The molecule has 0 unspecified atom stereocenters. The van der Waals surface area contributed by atoms with Crippen LogP contribution in [0.5, 0.6) is 0 Å². The zero-order chi connectivity index (χ0) is 20.3.